The molecule has 170 valence electrons. The Bertz CT molecular complexity index is 1180. The summed E-state index contributed by atoms with van der Waals surface area (Å²) in [7, 11) is -5.80. The third kappa shape index (κ3) is 5.98. The lowest BCUT2D eigenvalue weighted by Crippen LogP contribution is -2.47. The third-order valence-electron chi connectivity index (χ3n) is 5.05. The predicted molar refractivity (Wildman–Crippen MR) is 126 cm³/mol. The van der Waals surface area contributed by atoms with E-state index < -0.39 is 32.0 Å². The molecule has 0 saturated heterocycles. The Balaban J connectivity index is 2.40. The number of carbonyl (C=O) groups is 1. The van der Waals surface area contributed by atoms with Crippen molar-refractivity contribution in [1.82, 2.24) is 0 Å². The van der Waals surface area contributed by atoms with Crippen LogP contribution in [0.3, 0.4) is 0 Å². The molecule has 31 heavy (non-hydrogen) atoms. The topological polar surface area (TPSA) is 104 Å². The van der Waals surface area contributed by atoms with Crippen LogP contribution in [0.4, 0.5) is 17.1 Å². The highest BCUT2D eigenvalue weighted by Crippen LogP contribution is 2.26. The van der Waals surface area contributed by atoms with E-state index in [2.05, 4.69) is 5.32 Å². The van der Waals surface area contributed by atoms with Crippen LogP contribution in [0.15, 0.2) is 42.5 Å². The molecule has 2 aromatic rings. The highest BCUT2D eigenvalue weighted by molar-refractivity contribution is 7.92. The fourth-order valence-electron chi connectivity index (χ4n) is 3.12. The van der Waals surface area contributed by atoms with Crippen molar-refractivity contribution in [3.63, 3.8) is 0 Å². The number of rotatable bonds is 8. The average Bonchev–Trinajstić information content (AvgIpc) is 2.66. The van der Waals surface area contributed by atoms with E-state index >= 15 is 0 Å². The zero-order chi connectivity index (χ0) is 23.6. The highest BCUT2D eigenvalue weighted by atomic mass is 32.2. The van der Waals surface area contributed by atoms with Crippen LogP contribution < -0.4 is 13.9 Å². The SMILES string of the molecule is CC[C@H](C(=O)Nc1cccc(N(C)S(C)(=O)=O)c1)N(c1ccc(C)c(C)c1)S(C)(=O)=O. The molecule has 2 rings (SSSR count). The van der Waals surface area contributed by atoms with Crippen molar-refractivity contribution in [2.75, 3.05) is 33.5 Å². The molecule has 1 atom stereocenters. The second kappa shape index (κ2) is 9.27. The number of sulfonamides is 2. The first-order chi connectivity index (χ1) is 14.3. The first-order valence-corrected chi connectivity index (χ1v) is 13.4. The maximum Gasteiger partial charge on any atom is 0.248 e. The Hall–Kier alpha value is -2.59. The summed E-state index contributed by atoms with van der Waals surface area (Å²) in [6, 6.07) is 10.6. The number of aryl methyl sites for hydroxylation is 2. The lowest BCUT2D eigenvalue weighted by molar-refractivity contribution is -0.117. The molecule has 0 saturated carbocycles. The molecule has 2 aromatic carbocycles. The van der Waals surface area contributed by atoms with Crippen molar-refractivity contribution < 1.29 is 21.6 Å². The molecular weight excluding hydrogens is 438 g/mol. The van der Waals surface area contributed by atoms with Crippen molar-refractivity contribution >= 4 is 43.0 Å². The van der Waals surface area contributed by atoms with Crippen molar-refractivity contribution in [3.05, 3.63) is 53.6 Å². The van der Waals surface area contributed by atoms with Gasteiger partial charge in [-0.15, -0.1) is 0 Å². The lowest BCUT2D eigenvalue weighted by atomic mass is 10.1. The third-order valence-corrected chi connectivity index (χ3v) is 7.44. The average molecular weight is 468 g/mol. The van der Waals surface area contributed by atoms with Gasteiger partial charge in [0, 0.05) is 12.7 Å². The van der Waals surface area contributed by atoms with Gasteiger partial charge >= 0.3 is 0 Å². The van der Waals surface area contributed by atoms with Crippen molar-refractivity contribution in [3.8, 4) is 0 Å². The van der Waals surface area contributed by atoms with Crippen LogP contribution in [0.2, 0.25) is 0 Å². The molecule has 10 heteroatoms. The summed E-state index contributed by atoms with van der Waals surface area (Å²) in [6.45, 7) is 5.54. The molecular formula is C21H29N3O5S2. The molecule has 0 unspecified atom stereocenters. The zero-order valence-electron chi connectivity index (χ0n) is 18.6. The van der Waals surface area contributed by atoms with Crippen LogP contribution in [0.1, 0.15) is 24.5 Å². The maximum absolute atomic E-state index is 13.1. The number of nitrogens with zero attached hydrogens (tertiary/aromatic N) is 2. The van der Waals surface area contributed by atoms with Gasteiger partial charge in [-0.1, -0.05) is 19.1 Å². The van der Waals surface area contributed by atoms with E-state index in [1.807, 2.05) is 19.9 Å². The molecule has 0 aromatic heterocycles. The number of benzene rings is 2. The van der Waals surface area contributed by atoms with Crippen LogP contribution in [0.25, 0.3) is 0 Å². The Morgan fingerprint density at radius 1 is 0.935 bits per heavy atom. The number of anilines is 3. The molecule has 1 N–H and O–H groups in total. The molecule has 0 aliphatic heterocycles. The van der Waals surface area contributed by atoms with E-state index in [4.69, 9.17) is 0 Å². The lowest BCUT2D eigenvalue weighted by Gasteiger charge is -2.30. The Morgan fingerprint density at radius 2 is 1.58 bits per heavy atom. The summed E-state index contributed by atoms with van der Waals surface area (Å²) in [5.74, 6) is -0.509. The molecule has 0 heterocycles. The van der Waals surface area contributed by atoms with Gasteiger partial charge in [-0.3, -0.25) is 13.4 Å². The molecule has 0 aliphatic rings. The van der Waals surface area contributed by atoms with Gasteiger partial charge in [0.1, 0.15) is 6.04 Å². The Kier molecular flexibility index (Phi) is 7.38. The van der Waals surface area contributed by atoms with Crippen LogP contribution in [-0.4, -0.2) is 48.3 Å². The van der Waals surface area contributed by atoms with Gasteiger partial charge in [0.15, 0.2) is 0 Å². The van der Waals surface area contributed by atoms with Gasteiger partial charge in [0.2, 0.25) is 26.0 Å². The number of hydrogen-bond acceptors (Lipinski definition) is 5. The molecule has 0 aliphatic carbocycles. The minimum atomic E-state index is -3.75. The van der Waals surface area contributed by atoms with Crippen LogP contribution in [-0.2, 0) is 24.8 Å². The summed E-state index contributed by atoms with van der Waals surface area (Å²) in [6.07, 6.45) is 2.40. The summed E-state index contributed by atoms with van der Waals surface area (Å²) >= 11 is 0. The maximum atomic E-state index is 13.1. The molecule has 8 nitrogen and oxygen atoms in total. The van der Waals surface area contributed by atoms with E-state index in [-0.39, 0.29) is 6.42 Å². The highest BCUT2D eigenvalue weighted by Gasteiger charge is 2.31. The monoisotopic (exact) mass is 467 g/mol. The molecule has 1 amide bonds. The summed E-state index contributed by atoms with van der Waals surface area (Å²) in [5.41, 5.74) is 3.09. The largest absolute Gasteiger partial charge is 0.324 e. The van der Waals surface area contributed by atoms with Crippen LogP contribution in [0.5, 0.6) is 0 Å². The van der Waals surface area contributed by atoms with Gasteiger partial charge in [-0.05, 0) is 61.7 Å². The second-order valence-electron chi connectivity index (χ2n) is 7.52. The predicted octanol–water partition coefficient (Wildman–Crippen LogP) is 2.88. The smallest absolute Gasteiger partial charge is 0.248 e. The number of carbonyl (C=O) groups excluding carboxylic acids is 1. The zero-order valence-corrected chi connectivity index (χ0v) is 20.2. The second-order valence-corrected chi connectivity index (χ2v) is 11.4. The van der Waals surface area contributed by atoms with E-state index in [0.29, 0.717) is 17.1 Å². The normalized spacial score (nSPS) is 12.8. The van der Waals surface area contributed by atoms with E-state index in [1.165, 1.54) is 13.1 Å². The fourth-order valence-corrected chi connectivity index (χ4v) is 4.82. The van der Waals surface area contributed by atoms with Gasteiger partial charge < -0.3 is 5.32 Å². The van der Waals surface area contributed by atoms with E-state index in [0.717, 1.165) is 32.2 Å². The van der Waals surface area contributed by atoms with Gasteiger partial charge in [0.25, 0.3) is 0 Å². The van der Waals surface area contributed by atoms with Gasteiger partial charge in [0.05, 0.1) is 23.9 Å². The van der Waals surface area contributed by atoms with E-state index in [9.17, 15) is 21.6 Å². The Morgan fingerprint density at radius 3 is 2.10 bits per heavy atom. The molecule has 0 fully saturated rings. The number of hydrogen-bond donors (Lipinski definition) is 1. The summed E-state index contributed by atoms with van der Waals surface area (Å²) < 4.78 is 51.0. The van der Waals surface area contributed by atoms with Crippen LogP contribution >= 0.6 is 0 Å². The number of nitrogens with one attached hydrogen (secondary N) is 1. The standard InChI is InChI=1S/C21H29N3O5S2/c1-7-20(24(31(6,28)29)19-12-11-15(2)16(3)13-19)21(25)22-17-9-8-10-18(14-17)23(4)30(5,26)27/h8-14,20H,7H2,1-6H3,(H,22,25)/t20-/m1/s1. The molecule has 0 bridgehead atoms. The van der Waals surface area contributed by atoms with Crippen LogP contribution in [0, 0.1) is 13.8 Å². The first-order valence-electron chi connectivity index (χ1n) is 9.67. The van der Waals surface area contributed by atoms with Crippen molar-refractivity contribution in [2.45, 2.75) is 33.2 Å². The van der Waals surface area contributed by atoms with Crippen molar-refractivity contribution in [2.24, 2.45) is 0 Å². The van der Waals surface area contributed by atoms with Gasteiger partial charge in [-0.25, -0.2) is 16.8 Å². The fraction of sp³-hybridized carbons (Fsp3) is 0.381. The van der Waals surface area contributed by atoms with E-state index in [1.54, 1.807) is 37.3 Å². The quantitative estimate of drug-likeness (QED) is 0.643. The van der Waals surface area contributed by atoms with Crippen molar-refractivity contribution in [1.29, 1.82) is 0 Å². The minimum Gasteiger partial charge on any atom is -0.324 e. The Labute approximate surface area is 185 Å². The minimum absolute atomic E-state index is 0.245. The van der Waals surface area contributed by atoms with Gasteiger partial charge in [-0.2, -0.15) is 0 Å². The molecule has 0 spiro atoms. The summed E-state index contributed by atoms with van der Waals surface area (Å²) in [4.78, 5) is 13.1. The molecule has 0 radical (unpaired) electrons. The first kappa shape index (κ1) is 24.7. The summed E-state index contributed by atoms with van der Waals surface area (Å²) in [5, 5.41) is 2.72. The number of amides is 1.